The molecule has 1 saturated heterocycles. The highest BCUT2D eigenvalue weighted by Crippen LogP contribution is 2.63. The van der Waals surface area contributed by atoms with Gasteiger partial charge < -0.3 is 4.52 Å². The molecule has 1 aliphatic rings. The minimum atomic E-state index is -1.01. The fourth-order valence-electron chi connectivity index (χ4n) is 6.42. The van der Waals surface area contributed by atoms with Gasteiger partial charge in [-0.1, -0.05) is 126 Å². The van der Waals surface area contributed by atoms with Crippen LogP contribution in [0.15, 0.2) is 84.9 Å². The summed E-state index contributed by atoms with van der Waals surface area (Å²) < 4.78 is 12.4. The maximum absolute atomic E-state index is 6.97. The highest BCUT2D eigenvalue weighted by molar-refractivity contribution is 7.47. The number of hydrogen-bond acceptors (Lipinski definition) is 3. The predicted octanol–water partition coefficient (Wildman–Crippen LogP) is 10.1. The molecule has 0 aromatic heterocycles. The molecule has 4 heteroatoms. The van der Waals surface area contributed by atoms with Gasteiger partial charge in [-0.25, -0.2) is 9.34 Å². The Hall–Kier alpha value is -2.29. The summed E-state index contributed by atoms with van der Waals surface area (Å²) in [5.74, 6) is 0. The molecule has 2 atom stereocenters. The number of hydrogen-bond donors (Lipinski definition) is 0. The summed E-state index contributed by atoms with van der Waals surface area (Å²) in [6, 6.07) is 31.7. The molecule has 4 aromatic carbocycles. The lowest BCUT2D eigenvalue weighted by molar-refractivity contribution is 0.151. The van der Waals surface area contributed by atoms with Crippen molar-refractivity contribution in [3.8, 4) is 0 Å². The average Bonchev–Trinajstić information content (AvgIpc) is 3.24. The molecule has 39 heavy (non-hydrogen) atoms. The molecule has 0 radical (unpaired) electrons. The lowest BCUT2D eigenvalue weighted by atomic mass is 9.80. The summed E-state index contributed by atoms with van der Waals surface area (Å²) in [5.41, 5.74) is 2.86. The van der Waals surface area contributed by atoms with E-state index in [4.69, 9.17) is 4.52 Å². The zero-order valence-corrected chi connectivity index (χ0v) is 25.9. The molecule has 1 heterocycles. The molecule has 206 valence electrons. The first-order chi connectivity index (χ1) is 18.5. The summed E-state index contributed by atoms with van der Waals surface area (Å²) in [4.78, 5) is 0. The fraction of sp³-hybridized carbons (Fsp3) is 0.429. The first-order valence-corrected chi connectivity index (χ1v) is 15.6. The van der Waals surface area contributed by atoms with Crippen LogP contribution in [0.25, 0.3) is 21.5 Å². The maximum Gasteiger partial charge on any atom is 0.189 e. The molecular weight excluding hydrogens is 495 g/mol. The number of rotatable bonds is 6. The largest absolute Gasteiger partial charge is 0.329 e. The Bertz CT molecular complexity index is 1320. The normalized spacial score (nSPS) is 17.9. The van der Waals surface area contributed by atoms with Gasteiger partial charge in [0, 0.05) is 25.2 Å². The Kier molecular flexibility index (Phi) is 7.92. The van der Waals surface area contributed by atoms with Gasteiger partial charge >= 0.3 is 0 Å². The molecule has 4 aromatic rings. The molecular formula is C35H45N2OP. The minimum Gasteiger partial charge on any atom is -0.329 e. The van der Waals surface area contributed by atoms with Crippen LogP contribution in [0.5, 0.6) is 0 Å². The first kappa shape index (κ1) is 28.2. The minimum absolute atomic E-state index is 0.0255. The van der Waals surface area contributed by atoms with Crippen molar-refractivity contribution < 1.29 is 4.52 Å². The number of nitrogens with zero attached hydrogens (tertiary/aromatic N) is 2. The standard InChI is InChI=1S/C35H45N2OP/c1-25(2)38-39-36(32(34(3,4)5)30-21-13-17-26-15-9-11-19-28(26)30)23-24-37(39)33(35(6,7)8)31-22-14-18-27-16-10-12-20-29(27)31/h9-22,25,32-33H,23-24H2,1-8H3/t32-,33-/m0/s1. The SMILES string of the molecule is CC(C)OP1N([C@@H](c2cccc3ccccc23)C(C)(C)C)CCN1[C@@H](c1cccc2ccccc12)C(C)(C)C. The Labute approximate surface area is 237 Å². The van der Waals surface area contributed by atoms with Gasteiger partial charge in [0.25, 0.3) is 0 Å². The van der Waals surface area contributed by atoms with Crippen LogP contribution in [0.1, 0.15) is 78.6 Å². The zero-order valence-electron chi connectivity index (χ0n) is 25.0. The molecule has 0 bridgehead atoms. The Morgan fingerprint density at radius 2 is 0.974 bits per heavy atom. The third-order valence-electron chi connectivity index (χ3n) is 7.78. The molecule has 0 aliphatic carbocycles. The van der Waals surface area contributed by atoms with E-state index in [9.17, 15) is 0 Å². The van der Waals surface area contributed by atoms with Crippen LogP contribution >= 0.6 is 8.45 Å². The second-order valence-electron chi connectivity index (χ2n) is 13.4. The van der Waals surface area contributed by atoms with E-state index >= 15 is 0 Å². The highest BCUT2D eigenvalue weighted by atomic mass is 31.2. The van der Waals surface area contributed by atoms with E-state index in [2.05, 4.69) is 150 Å². The number of benzene rings is 4. The molecule has 1 fully saturated rings. The van der Waals surface area contributed by atoms with Crippen molar-refractivity contribution in [2.45, 2.75) is 73.6 Å². The summed E-state index contributed by atoms with van der Waals surface area (Å²) in [6.45, 7) is 20.7. The molecule has 0 amide bonds. The van der Waals surface area contributed by atoms with Crippen molar-refractivity contribution in [1.29, 1.82) is 0 Å². The van der Waals surface area contributed by atoms with Crippen molar-refractivity contribution in [1.82, 2.24) is 9.34 Å². The van der Waals surface area contributed by atoms with Gasteiger partial charge in [0.2, 0.25) is 0 Å². The van der Waals surface area contributed by atoms with E-state index < -0.39 is 8.45 Å². The smallest absolute Gasteiger partial charge is 0.189 e. The van der Waals surface area contributed by atoms with Crippen molar-refractivity contribution in [3.05, 3.63) is 96.1 Å². The van der Waals surface area contributed by atoms with Crippen LogP contribution in [-0.2, 0) is 4.52 Å². The van der Waals surface area contributed by atoms with Crippen molar-refractivity contribution in [2.24, 2.45) is 10.8 Å². The third kappa shape index (κ3) is 5.66. The topological polar surface area (TPSA) is 15.7 Å². The van der Waals surface area contributed by atoms with Crippen LogP contribution in [0.3, 0.4) is 0 Å². The van der Waals surface area contributed by atoms with Gasteiger partial charge in [0.15, 0.2) is 8.45 Å². The molecule has 0 N–H and O–H groups in total. The zero-order chi connectivity index (χ0) is 27.9. The molecule has 0 saturated carbocycles. The van der Waals surface area contributed by atoms with Crippen LogP contribution in [0.2, 0.25) is 0 Å². The van der Waals surface area contributed by atoms with Crippen LogP contribution in [0, 0.1) is 10.8 Å². The van der Waals surface area contributed by atoms with Crippen LogP contribution in [-0.4, -0.2) is 28.5 Å². The summed E-state index contributed by atoms with van der Waals surface area (Å²) in [6.07, 6.45) is 0.139. The molecule has 3 nitrogen and oxygen atoms in total. The van der Waals surface area contributed by atoms with E-state index in [1.165, 1.54) is 32.7 Å². The van der Waals surface area contributed by atoms with Crippen LogP contribution < -0.4 is 0 Å². The lowest BCUT2D eigenvalue weighted by Crippen LogP contribution is -2.35. The second-order valence-corrected chi connectivity index (χ2v) is 15.2. The monoisotopic (exact) mass is 540 g/mol. The van der Waals surface area contributed by atoms with E-state index in [0.29, 0.717) is 0 Å². The fourth-order valence-corrected chi connectivity index (χ4v) is 9.19. The van der Waals surface area contributed by atoms with Crippen LogP contribution in [0.4, 0.5) is 0 Å². The summed E-state index contributed by atoms with van der Waals surface area (Å²) >= 11 is 0. The predicted molar refractivity (Wildman–Crippen MR) is 169 cm³/mol. The van der Waals surface area contributed by atoms with E-state index in [0.717, 1.165) is 13.1 Å². The third-order valence-corrected chi connectivity index (χ3v) is 10.1. The maximum atomic E-state index is 6.97. The van der Waals surface area contributed by atoms with Gasteiger partial charge in [-0.2, -0.15) is 0 Å². The molecule has 5 rings (SSSR count). The van der Waals surface area contributed by atoms with E-state index in [1.807, 2.05) is 0 Å². The number of fused-ring (bicyclic) bond motifs is 2. The Morgan fingerprint density at radius 3 is 1.36 bits per heavy atom. The average molecular weight is 541 g/mol. The molecule has 0 unspecified atom stereocenters. The van der Waals surface area contributed by atoms with Crippen molar-refractivity contribution >= 4 is 30.0 Å². The Morgan fingerprint density at radius 1 is 0.590 bits per heavy atom. The van der Waals surface area contributed by atoms with Gasteiger partial charge in [0.05, 0.1) is 6.10 Å². The van der Waals surface area contributed by atoms with Gasteiger partial charge in [-0.15, -0.1) is 0 Å². The summed E-state index contributed by atoms with van der Waals surface area (Å²) in [5, 5.41) is 5.30. The Balaban J connectivity index is 1.65. The van der Waals surface area contributed by atoms with Gasteiger partial charge in [-0.05, 0) is 57.3 Å². The van der Waals surface area contributed by atoms with Crippen molar-refractivity contribution in [2.75, 3.05) is 13.1 Å². The molecule has 1 aliphatic heterocycles. The van der Waals surface area contributed by atoms with Gasteiger partial charge in [-0.3, -0.25) is 0 Å². The second kappa shape index (κ2) is 10.9. The highest BCUT2D eigenvalue weighted by Gasteiger charge is 2.48. The van der Waals surface area contributed by atoms with Crippen molar-refractivity contribution in [3.63, 3.8) is 0 Å². The van der Waals surface area contributed by atoms with E-state index in [-0.39, 0.29) is 29.0 Å². The van der Waals surface area contributed by atoms with E-state index in [1.54, 1.807) is 0 Å². The summed E-state index contributed by atoms with van der Waals surface area (Å²) in [7, 11) is -1.01. The molecule has 0 spiro atoms. The first-order valence-electron chi connectivity index (χ1n) is 14.4. The quantitative estimate of drug-likeness (QED) is 0.226. The van der Waals surface area contributed by atoms with Gasteiger partial charge in [0.1, 0.15) is 0 Å². The lowest BCUT2D eigenvalue weighted by Gasteiger charge is -2.46.